The Labute approximate surface area is 194 Å². The number of amides is 2. The quantitative estimate of drug-likeness (QED) is 0.324. The first kappa shape index (κ1) is 24.1. The van der Waals surface area contributed by atoms with Gasteiger partial charge in [0, 0.05) is 23.7 Å². The Balaban J connectivity index is 1.39. The molecule has 0 fully saturated rings. The van der Waals surface area contributed by atoms with Crippen LogP contribution in [0.2, 0.25) is 5.02 Å². The van der Waals surface area contributed by atoms with E-state index in [-0.39, 0.29) is 48.8 Å². The molecular weight excluding hydrogens is 451 g/mol. The van der Waals surface area contributed by atoms with Crippen molar-refractivity contribution in [1.29, 1.82) is 0 Å². The van der Waals surface area contributed by atoms with Crippen molar-refractivity contribution in [3.63, 3.8) is 0 Å². The second-order valence-electron chi connectivity index (χ2n) is 7.08. The van der Waals surface area contributed by atoms with Crippen LogP contribution in [-0.2, 0) is 16.1 Å². The van der Waals surface area contributed by atoms with Crippen LogP contribution in [0.5, 0.6) is 0 Å². The minimum atomic E-state index is -0.740. The van der Waals surface area contributed by atoms with Crippen LogP contribution in [0.25, 0.3) is 10.8 Å². The van der Waals surface area contributed by atoms with E-state index in [4.69, 9.17) is 16.3 Å². The van der Waals surface area contributed by atoms with Crippen LogP contribution in [0.15, 0.2) is 48.7 Å². The average molecular weight is 473 g/mol. The van der Waals surface area contributed by atoms with E-state index in [1.54, 1.807) is 30.5 Å². The van der Waals surface area contributed by atoms with Crippen LogP contribution in [0.3, 0.4) is 0 Å². The third-order valence-corrected chi connectivity index (χ3v) is 5.09. The van der Waals surface area contributed by atoms with Crippen LogP contribution in [0, 0.1) is 5.82 Å². The number of carbonyl (C=O) groups excluding carboxylic acids is 3. The Morgan fingerprint density at radius 1 is 1.15 bits per heavy atom. The summed E-state index contributed by atoms with van der Waals surface area (Å²) in [5.74, 6) is -0.691. The van der Waals surface area contributed by atoms with Crippen molar-refractivity contribution < 1.29 is 23.5 Å². The lowest BCUT2D eigenvalue weighted by molar-refractivity contribution is -0.120. The van der Waals surface area contributed by atoms with Gasteiger partial charge in [0.05, 0.1) is 18.1 Å². The van der Waals surface area contributed by atoms with E-state index in [1.807, 2.05) is 6.07 Å². The maximum Gasteiger partial charge on any atom is 0.412 e. The third-order valence-electron chi connectivity index (χ3n) is 4.66. The molecule has 3 N–H and O–H groups in total. The van der Waals surface area contributed by atoms with Crippen LogP contribution >= 0.6 is 11.6 Å². The van der Waals surface area contributed by atoms with Crippen molar-refractivity contribution in [1.82, 2.24) is 15.6 Å². The van der Waals surface area contributed by atoms with Gasteiger partial charge in [0.2, 0.25) is 5.91 Å². The maximum absolute atomic E-state index is 13.4. The van der Waals surface area contributed by atoms with Crippen LogP contribution in [0.4, 0.5) is 15.0 Å². The fraction of sp³-hybridized carbons (Fsp3) is 0.217. The highest BCUT2D eigenvalue weighted by molar-refractivity contribution is 6.31. The Bertz CT molecular complexity index is 1190. The van der Waals surface area contributed by atoms with Crippen molar-refractivity contribution in [3.05, 3.63) is 70.6 Å². The number of hydrogen-bond acceptors (Lipinski definition) is 6. The lowest BCUT2D eigenvalue weighted by Crippen LogP contribution is -2.36. The van der Waals surface area contributed by atoms with Crippen molar-refractivity contribution in [2.75, 3.05) is 25.0 Å². The molecule has 0 saturated carbocycles. The van der Waals surface area contributed by atoms with Gasteiger partial charge in [0.15, 0.2) is 5.78 Å². The molecule has 1 heterocycles. The number of fused-ring (bicyclic) bond motifs is 1. The van der Waals surface area contributed by atoms with E-state index in [2.05, 4.69) is 20.9 Å². The number of carbonyl (C=O) groups is 3. The molecule has 0 aliphatic carbocycles. The summed E-state index contributed by atoms with van der Waals surface area (Å²) in [6.45, 7) is 1.73. The number of Topliss-reactive ketones (excluding diaryl/α,β-unsaturated/α-hetero) is 1. The van der Waals surface area contributed by atoms with E-state index in [0.717, 1.165) is 5.39 Å². The third kappa shape index (κ3) is 6.71. The van der Waals surface area contributed by atoms with Crippen molar-refractivity contribution in [2.24, 2.45) is 0 Å². The molecule has 0 aliphatic rings. The average Bonchev–Trinajstić information content (AvgIpc) is 2.79. The number of rotatable bonds is 9. The summed E-state index contributed by atoms with van der Waals surface area (Å²) < 4.78 is 18.4. The van der Waals surface area contributed by atoms with Crippen LogP contribution in [-0.4, -0.2) is 42.5 Å². The molecule has 0 saturated heterocycles. The summed E-state index contributed by atoms with van der Waals surface area (Å²) in [5, 5.41) is 9.42. The lowest BCUT2D eigenvalue weighted by Gasteiger charge is -2.10. The molecule has 0 unspecified atom stereocenters. The molecule has 2 amide bonds. The lowest BCUT2D eigenvalue weighted by atomic mass is 10.0. The minimum Gasteiger partial charge on any atom is -0.447 e. The number of halogens is 2. The summed E-state index contributed by atoms with van der Waals surface area (Å²) in [7, 11) is 0. The standard InChI is InChI=1S/C23H22ClFN4O4/c1-14(30)17-6-2-4-15-12-28-20(10-18(15)17)29-23(32)33-9-8-27-21(31)13-26-11-16-5-3-7-19(25)22(16)24/h2-7,10,12,26H,8-9,11,13H2,1H3,(H,27,31)(H,28,29,32). The highest BCUT2D eigenvalue weighted by atomic mass is 35.5. The van der Waals surface area contributed by atoms with E-state index in [0.29, 0.717) is 16.5 Å². The van der Waals surface area contributed by atoms with Gasteiger partial charge < -0.3 is 15.4 Å². The molecule has 33 heavy (non-hydrogen) atoms. The molecule has 10 heteroatoms. The van der Waals surface area contributed by atoms with Gasteiger partial charge in [0.1, 0.15) is 18.2 Å². The van der Waals surface area contributed by atoms with E-state index < -0.39 is 11.9 Å². The SMILES string of the molecule is CC(=O)c1cccc2cnc(NC(=O)OCCNC(=O)CNCc3cccc(F)c3Cl)cc12. The number of aromatic nitrogens is 1. The Morgan fingerprint density at radius 2 is 1.94 bits per heavy atom. The van der Waals surface area contributed by atoms with Crippen molar-refractivity contribution in [3.8, 4) is 0 Å². The van der Waals surface area contributed by atoms with Gasteiger partial charge in [0.25, 0.3) is 0 Å². The first-order valence-corrected chi connectivity index (χ1v) is 10.5. The predicted octanol–water partition coefficient (Wildman–Crippen LogP) is 3.68. The Morgan fingerprint density at radius 3 is 2.73 bits per heavy atom. The highest BCUT2D eigenvalue weighted by Gasteiger charge is 2.10. The smallest absolute Gasteiger partial charge is 0.412 e. The zero-order valence-corrected chi connectivity index (χ0v) is 18.5. The van der Waals surface area contributed by atoms with Gasteiger partial charge in [-0.1, -0.05) is 41.9 Å². The first-order valence-electron chi connectivity index (χ1n) is 10.1. The molecule has 8 nitrogen and oxygen atoms in total. The second kappa shape index (κ2) is 11.3. The number of pyridine rings is 1. The number of hydrogen-bond donors (Lipinski definition) is 3. The molecule has 1 aromatic heterocycles. The van der Waals surface area contributed by atoms with Crippen molar-refractivity contribution in [2.45, 2.75) is 13.5 Å². The fourth-order valence-electron chi connectivity index (χ4n) is 3.08. The second-order valence-corrected chi connectivity index (χ2v) is 7.46. The molecule has 2 aromatic carbocycles. The summed E-state index contributed by atoms with van der Waals surface area (Å²) in [5.41, 5.74) is 1.07. The zero-order chi connectivity index (χ0) is 23.8. The highest BCUT2D eigenvalue weighted by Crippen LogP contribution is 2.21. The summed E-state index contributed by atoms with van der Waals surface area (Å²) >= 11 is 5.86. The van der Waals surface area contributed by atoms with Crippen LogP contribution < -0.4 is 16.0 Å². The number of nitrogens with zero attached hydrogens (tertiary/aromatic N) is 1. The van der Waals surface area contributed by atoms with Crippen LogP contribution in [0.1, 0.15) is 22.8 Å². The molecule has 0 atom stereocenters. The molecule has 0 radical (unpaired) electrons. The Hall–Kier alpha value is -3.56. The van der Waals surface area contributed by atoms with E-state index >= 15 is 0 Å². The minimum absolute atomic E-state index is 0.0153. The molecule has 0 aliphatic heterocycles. The van der Waals surface area contributed by atoms with Gasteiger partial charge in [-0.25, -0.2) is 14.2 Å². The summed E-state index contributed by atoms with van der Waals surface area (Å²) in [6.07, 6.45) is 0.817. The predicted molar refractivity (Wildman–Crippen MR) is 123 cm³/mol. The molecular formula is C23H22ClFN4O4. The topological polar surface area (TPSA) is 109 Å². The molecule has 3 rings (SSSR count). The molecule has 172 valence electrons. The van der Waals surface area contributed by atoms with Gasteiger partial charge in [-0.05, 0) is 30.0 Å². The fourth-order valence-corrected chi connectivity index (χ4v) is 3.27. The maximum atomic E-state index is 13.4. The largest absolute Gasteiger partial charge is 0.447 e. The Kier molecular flexibility index (Phi) is 8.28. The van der Waals surface area contributed by atoms with Gasteiger partial charge in [-0.2, -0.15) is 0 Å². The number of ketones is 1. The molecule has 0 bridgehead atoms. The summed E-state index contributed by atoms with van der Waals surface area (Å²) in [4.78, 5) is 39.8. The zero-order valence-electron chi connectivity index (χ0n) is 17.8. The summed E-state index contributed by atoms with van der Waals surface area (Å²) in [6, 6.07) is 11.4. The van der Waals surface area contributed by atoms with Gasteiger partial charge in [-0.15, -0.1) is 0 Å². The van der Waals surface area contributed by atoms with Gasteiger partial charge >= 0.3 is 6.09 Å². The van der Waals surface area contributed by atoms with E-state index in [9.17, 15) is 18.8 Å². The molecule has 0 spiro atoms. The first-order chi connectivity index (χ1) is 15.8. The number of anilines is 1. The number of ether oxygens (including phenoxy) is 1. The van der Waals surface area contributed by atoms with Gasteiger partial charge in [-0.3, -0.25) is 14.9 Å². The van der Waals surface area contributed by atoms with E-state index in [1.165, 1.54) is 19.1 Å². The number of nitrogens with one attached hydrogen (secondary N) is 3. The number of benzene rings is 2. The van der Waals surface area contributed by atoms with Crippen molar-refractivity contribution >= 4 is 46.0 Å². The normalized spacial score (nSPS) is 10.6. The monoisotopic (exact) mass is 472 g/mol. The molecule has 3 aromatic rings.